The van der Waals surface area contributed by atoms with Gasteiger partial charge >= 0.3 is 0 Å². The molecule has 0 amide bonds. The number of rotatable bonds is 6. The highest BCUT2D eigenvalue weighted by atomic mass is 19.1. The maximum atomic E-state index is 13.7. The second kappa shape index (κ2) is 6.80. The van der Waals surface area contributed by atoms with Crippen LogP contribution in [0.4, 0.5) is 13.2 Å². The Kier molecular flexibility index (Phi) is 5.07. The summed E-state index contributed by atoms with van der Waals surface area (Å²) in [6.45, 7) is 4.98. The van der Waals surface area contributed by atoms with Gasteiger partial charge in [0, 0.05) is 24.6 Å². The minimum atomic E-state index is -0.967. The molecule has 5 heteroatoms. The number of furan rings is 1. The second-order valence-corrected chi connectivity index (χ2v) is 5.07. The van der Waals surface area contributed by atoms with E-state index >= 15 is 0 Å². The van der Waals surface area contributed by atoms with Crippen molar-refractivity contribution in [2.75, 3.05) is 6.54 Å². The van der Waals surface area contributed by atoms with Crippen molar-refractivity contribution in [1.29, 1.82) is 0 Å². The van der Waals surface area contributed by atoms with E-state index in [4.69, 9.17) is 4.42 Å². The van der Waals surface area contributed by atoms with Crippen LogP contribution in [0.2, 0.25) is 0 Å². The SMILES string of the molecule is CCCNC(C)Cc1ccc(-c2c(F)cc(F)cc2F)o1. The molecule has 0 radical (unpaired) electrons. The fourth-order valence-corrected chi connectivity index (χ4v) is 2.16. The maximum Gasteiger partial charge on any atom is 0.140 e. The average molecular weight is 297 g/mol. The molecule has 0 aliphatic carbocycles. The van der Waals surface area contributed by atoms with Crippen molar-refractivity contribution in [2.45, 2.75) is 32.7 Å². The van der Waals surface area contributed by atoms with Gasteiger partial charge in [-0.1, -0.05) is 6.92 Å². The van der Waals surface area contributed by atoms with Gasteiger partial charge in [0.15, 0.2) is 0 Å². The summed E-state index contributed by atoms with van der Waals surface area (Å²) in [6, 6.07) is 4.67. The number of benzene rings is 1. The molecular formula is C16H18F3NO. The summed E-state index contributed by atoms with van der Waals surface area (Å²) in [6.07, 6.45) is 1.64. The fraction of sp³-hybridized carbons (Fsp3) is 0.375. The Morgan fingerprint density at radius 2 is 1.81 bits per heavy atom. The van der Waals surface area contributed by atoms with Crippen LogP contribution in [0.25, 0.3) is 11.3 Å². The topological polar surface area (TPSA) is 25.2 Å². The highest BCUT2D eigenvalue weighted by Gasteiger charge is 2.17. The zero-order valence-corrected chi connectivity index (χ0v) is 12.1. The van der Waals surface area contributed by atoms with Gasteiger partial charge in [-0.25, -0.2) is 13.2 Å². The molecule has 2 nitrogen and oxygen atoms in total. The van der Waals surface area contributed by atoms with Gasteiger partial charge < -0.3 is 9.73 Å². The van der Waals surface area contributed by atoms with Gasteiger partial charge in [-0.05, 0) is 32.0 Å². The molecule has 0 saturated carbocycles. The second-order valence-electron chi connectivity index (χ2n) is 5.07. The first-order valence-corrected chi connectivity index (χ1v) is 6.98. The van der Waals surface area contributed by atoms with Crippen molar-refractivity contribution in [2.24, 2.45) is 0 Å². The highest BCUT2D eigenvalue weighted by molar-refractivity contribution is 5.59. The molecule has 0 aliphatic rings. The van der Waals surface area contributed by atoms with E-state index in [1.165, 1.54) is 6.07 Å². The zero-order chi connectivity index (χ0) is 15.4. The lowest BCUT2D eigenvalue weighted by Gasteiger charge is -2.11. The molecule has 0 bridgehead atoms. The fourth-order valence-electron chi connectivity index (χ4n) is 2.16. The summed E-state index contributed by atoms with van der Waals surface area (Å²) in [5.74, 6) is -2.18. The molecule has 0 aliphatic heterocycles. The smallest absolute Gasteiger partial charge is 0.140 e. The summed E-state index contributed by atoms with van der Waals surface area (Å²) in [5, 5.41) is 3.30. The van der Waals surface area contributed by atoms with E-state index in [1.807, 2.05) is 6.92 Å². The molecular weight excluding hydrogens is 279 g/mol. The van der Waals surface area contributed by atoms with Crippen LogP contribution in [0.15, 0.2) is 28.7 Å². The molecule has 1 aromatic heterocycles. The van der Waals surface area contributed by atoms with E-state index in [1.54, 1.807) is 6.07 Å². The van der Waals surface area contributed by atoms with Crippen molar-refractivity contribution >= 4 is 0 Å². The molecule has 1 N–H and O–H groups in total. The molecule has 114 valence electrons. The number of hydrogen-bond acceptors (Lipinski definition) is 2. The first-order chi connectivity index (χ1) is 10.0. The third kappa shape index (κ3) is 3.88. The summed E-state index contributed by atoms with van der Waals surface area (Å²) in [4.78, 5) is 0. The van der Waals surface area contributed by atoms with Crippen molar-refractivity contribution in [3.8, 4) is 11.3 Å². The summed E-state index contributed by atoms with van der Waals surface area (Å²) >= 11 is 0. The lowest BCUT2D eigenvalue weighted by molar-refractivity contribution is 0.459. The van der Waals surface area contributed by atoms with Crippen molar-refractivity contribution < 1.29 is 17.6 Å². The van der Waals surface area contributed by atoms with E-state index in [9.17, 15) is 13.2 Å². The summed E-state index contributed by atoms with van der Waals surface area (Å²) < 4.78 is 45.7. The largest absolute Gasteiger partial charge is 0.461 e. The van der Waals surface area contributed by atoms with Crippen LogP contribution in [-0.4, -0.2) is 12.6 Å². The van der Waals surface area contributed by atoms with Crippen LogP contribution in [-0.2, 0) is 6.42 Å². The molecule has 2 aromatic rings. The first-order valence-electron chi connectivity index (χ1n) is 6.98. The van der Waals surface area contributed by atoms with Crippen LogP contribution >= 0.6 is 0 Å². The Balaban J connectivity index is 2.17. The van der Waals surface area contributed by atoms with E-state index < -0.39 is 17.5 Å². The van der Waals surface area contributed by atoms with Crippen LogP contribution in [0, 0.1) is 17.5 Å². The normalized spacial score (nSPS) is 12.6. The van der Waals surface area contributed by atoms with Crippen molar-refractivity contribution in [1.82, 2.24) is 5.32 Å². The number of hydrogen-bond donors (Lipinski definition) is 1. The minimum Gasteiger partial charge on any atom is -0.461 e. The van der Waals surface area contributed by atoms with E-state index in [0.717, 1.165) is 13.0 Å². The highest BCUT2D eigenvalue weighted by Crippen LogP contribution is 2.29. The first kappa shape index (κ1) is 15.6. The summed E-state index contributed by atoms with van der Waals surface area (Å²) in [5.41, 5.74) is -0.336. The van der Waals surface area contributed by atoms with Gasteiger partial charge in [0.25, 0.3) is 0 Å². The van der Waals surface area contributed by atoms with E-state index in [2.05, 4.69) is 12.2 Å². The molecule has 1 unspecified atom stereocenters. The van der Waals surface area contributed by atoms with Crippen LogP contribution in [0.1, 0.15) is 26.0 Å². The third-order valence-electron chi connectivity index (χ3n) is 3.17. The Labute approximate surface area is 122 Å². The molecule has 0 fully saturated rings. The molecule has 0 saturated heterocycles. The van der Waals surface area contributed by atoms with Crippen LogP contribution < -0.4 is 5.32 Å². The third-order valence-corrected chi connectivity index (χ3v) is 3.17. The molecule has 2 rings (SSSR count). The van der Waals surface area contributed by atoms with Crippen molar-refractivity contribution in [3.63, 3.8) is 0 Å². The maximum absolute atomic E-state index is 13.7. The van der Waals surface area contributed by atoms with Gasteiger partial charge in [-0.3, -0.25) is 0 Å². The summed E-state index contributed by atoms with van der Waals surface area (Å²) in [7, 11) is 0. The van der Waals surface area contributed by atoms with Gasteiger partial charge in [0.05, 0.1) is 5.56 Å². The molecule has 21 heavy (non-hydrogen) atoms. The minimum absolute atomic E-state index is 0.0719. The molecule has 1 aromatic carbocycles. The van der Waals surface area contributed by atoms with Gasteiger partial charge in [-0.15, -0.1) is 0 Å². The lowest BCUT2D eigenvalue weighted by atomic mass is 10.1. The predicted octanol–water partition coefficient (Wildman–Crippen LogP) is 4.29. The van der Waals surface area contributed by atoms with Gasteiger partial charge in [0.1, 0.15) is 29.0 Å². The van der Waals surface area contributed by atoms with Gasteiger partial charge in [0.2, 0.25) is 0 Å². The zero-order valence-electron chi connectivity index (χ0n) is 12.1. The predicted molar refractivity (Wildman–Crippen MR) is 75.5 cm³/mol. The Morgan fingerprint density at radius 3 is 2.43 bits per heavy atom. The lowest BCUT2D eigenvalue weighted by Crippen LogP contribution is -2.28. The molecule has 1 atom stereocenters. The number of halogens is 3. The quantitative estimate of drug-likeness (QED) is 0.860. The van der Waals surface area contributed by atoms with Gasteiger partial charge in [-0.2, -0.15) is 0 Å². The van der Waals surface area contributed by atoms with E-state index in [-0.39, 0.29) is 17.4 Å². The Bertz CT molecular complexity index is 586. The molecule has 0 spiro atoms. The molecule has 1 heterocycles. The Morgan fingerprint density at radius 1 is 1.14 bits per heavy atom. The standard InChI is InChI=1S/C16H18F3NO/c1-3-6-20-10(2)7-12-4-5-15(21-12)16-13(18)8-11(17)9-14(16)19/h4-5,8-10,20H,3,6-7H2,1-2H3. The van der Waals surface area contributed by atoms with Crippen molar-refractivity contribution in [3.05, 3.63) is 47.5 Å². The van der Waals surface area contributed by atoms with E-state index in [0.29, 0.717) is 24.3 Å². The van der Waals surface area contributed by atoms with Crippen LogP contribution in [0.3, 0.4) is 0 Å². The monoisotopic (exact) mass is 297 g/mol. The Hall–Kier alpha value is -1.75. The van der Waals surface area contributed by atoms with Crippen LogP contribution in [0.5, 0.6) is 0 Å². The number of nitrogens with one attached hydrogen (secondary N) is 1. The average Bonchev–Trinajstić information content (AvgIpc) is 2.83.